The van der Waals surface area contributed by atoms with E-state index in [4.69, 9.17) is 0 Å². The first-order valence-electron chi connectivity index (χ1n) is 5.94. The van der Waals surface area contributed by atoms with Crippen molar-refractivity contribution in [3.63, 3.8) is 0 Å². The monoisotopic (exact) mass is 235 g/mol. The number of amides is 2. The minimum atomic E-state index is -0.421. The summed E-state index contributed by atoms with van der Waals surface area (Å²) in [6.45, 7) is 1.80. The summed E-state index contributed by atoms with van der Waals surface area (Å²) >= 11 is 0. The molecule has 0 aliphatic carbocycles. The maximum Gasteiger partial charge on any atom is 0.252 e. The number of hydrogen-bond acceptors (Lipinski definition) is 3. The molecule has 0 saturated carbocycles. The van der Waals surface area contributed by atoms with Crippen LogP contribution in [0.15, 0.2) is 4.99 Å². The first-order valence-corrected chi connectivity index (χ1v) is 5.94. The van der Waals surface area contributed by atoms with E-state index >= 15 is 0 Å². The summed E-state index contributed by atoms with van der Waals surface area (Å²) in [7, 11) is 0. The second-order valence-electron chi connectivity index (χ2n) is 4.64. The first-order chi connectivity index (χ1) is 8.25. The molecule has 1 N–H and O–H groups in total. The molecule has 0 radical (unpaired) electrons. The van der Waals surface area contributed by atoms with Gasteiger partial charge in [-0.1, -0.05) is 0 Å². The van der Waals surface area contributed by atoms with Crippen molar-refractivity contribution in [2.45, 2.75) is 24.9 Å². The normalized spacial score (nSPS) is 31.5. The van der Waals surface area contributed by atoms with Gasteiger partial charge in [-0.3, -0.25) is 9.59 Å². The van der Waals surface area contributed by atoms with Gasteiger partial charge in [0.2, 0.25) is 12.6 Å². The predicted molar refractivity (Wildman–Crippen MR) is 61.2 cm³/mol. The zero-order valence-corrected chi connectivity index (χ0v) is 9.50. The zero-order valence-electron chi connectivity index (χ0n) is 9.50. The van der Waals surface area contributed by atoms with E-state index < -0.39 is 6.04 Å². The number of rotatable bonds is 2. The third-order valence-corrected chi connectivity index (χ3v) is 3.52. The van der Waals surface area contributed by atoms with Crippen molar-refractivity contribution in [2.24, 2.45) is 4.99 Å². The Labute approximate surface area is 99.0 Å². The molecule has 2 saturated heterocycles. The molecule has 3 aliphatic rings. The van der Waals surface area contributed by atoms with Crippen molar-refractivity contribution in [3.05, 3.63) is 0 Å². The van der Waals surface area contributed by atoms with Crippen molar-refractivity contribution >= 4 is 24.2 Å². The highest BCUT2D eigenvalue weighted by Crippen LogP contribution is 2.21. The van der Waals surface area contributed by atoms with E-state index in [9.17, 15) is 9.59 Å². The molecule has 6 nitrogen and oxygen atoms in total. The molecule has 90 valence electrons. The van der Waals surface area contributed by atoms with Gasteiger partial charge in [-0.2, -0.15) is 0 Å². The number of hydrogen-bond donors (Lipinski definition) is 1. The minimum Gasteiger partial charge on any atom is -0.337 e. The van der Waals surface area contributed by atoms with Gasteiger partial charge in [-0.15, -0.1) is 0 Å². The van der Waals surface area contributed by atoms with Crippen LogP contribution in [-0.4, -0.2) is 65.6 Å². The maximum atomic E-state index is 12.2. The highest BCUT2D eigenvalue weighted by molar-refractivity contribution is 6.14. The number of aliphatic imine (C=N–C) groups is 1. The Morgan fingerprint density at radius 2 is 2.41 bits per heavy atom. The van der Waals surface area contributed by atoms with Crippen LogP contribution in [0.2, 0.25) is 0 Å². The van der Waals surface area contributed by atoms with Crippen LogP contribution in [0.1, 0.15) is 12.8 Å². The third-order valence-electron chi connectivity index (χ3n) is 3.52. The number of carbonyl (C=O) groups is 2. The molecular formula is C11H15N4O2+. The summed E-state index contributed by atoms with van der Waals surface area (Å²) in [6, 6.07) is -0.646. The quantitative estimate of drug-likeness (QED) is 0.598. The molecule has 0 aromatic carbocycles. The lowest BCUT2D eigenvalue weighted by Crippen LogP contribution is -2.63. The summed E-state index contributed by atoms with van der Waals surface area (Å²) in [5.41, 5.74) is 0. The molecule has 3 aliphatic heterocycles. The fourth-order valence-corrected chi connectivity index (χ4v) is 2.65. The molecule has 6 heteroatoms. The maximum absolute atomic E-state index is 12.2. The number of nitrogens with one attached hydrogen (secondary N) is 1. The molecule has 2 amide bonds. The molecule has 3 rings (SSSR count). The van der Waals surface area contributed by atoms with Crippen LogP contribution in [0.5, 0.6) is 0 Å². The van der Waals surface area contributed by atoms with Crippen LogP contribution in [0.25, 0.3) is 0 Å². The lowest BCUT2D eigenvalue weighted by molar-refractivity contribution is -0.518. The lowest BCUT2D eigenvalue weighted by Gasteiger charge is -2.33. The highest BCUT2D eigenvalue weighted by atomic mass is 16.2. The summed E-state index contributed by atoms with van der Waals surface area (Å²) in [6.07, 6.45) is 5.28. The Balaban J connectivity index is 1.73. The third kappa shape index (κ3) is 1.73. The largest absolute Gasteiger partial charge is 0.337 e. The van der Waals surface area contributed by atoms with E-state index in [1.165, 1.54) is 0 Å². The van der Waals surface area contributed by atoms with Crippen LogP contribution in [0.4, 0.5) is 0 Å². The van der Waals surface area contributed by atoms with E-state index in [0.717, 1.165) is 12.8 Å². The molecule has 0 unspecified atom stereocenters. The Morgan fingerprint density at radius 3 is 3.18 bits per heavy atom. The summed E-state index contributed by atoms with van der Waals surface area (Å²) in [4.78, 5) is 29.8. The Hall–Kier alpha value is -1.72. The van der Waals surface area contributed by atoms with Gasteiger partial charge in [0, 0.05) is 6.54 Å². The fourth-order valence-electron chi connectivity index (χ4n) is 2.65. The molecular weight excluding hydrogens is 220 g/mol. The fraction of sp³-hybridized carbons (Fsp3) is 0.636. The Bertz CT molecular complexity index is 429. The molecule has 0 aromatic rings. The first kappa shape index (κ1) is 10.4. The summed E-state index contributed by atoms with van der Waals surface area (Å²) in [5.74, 6) is 0.0413. The lowest BCUT2D eigenvalue weighted by atomic mass is 10.1. The van der Waals surface area contributed by atoms with Crippen molar-refractivity contribution in [2.75, 3.05) is 19.8 Å². The number of piperazine rings is 1. The number of nitrogens with zero attached hydrogens (tertiary/aromatic N) is 3. The van der Waals surface area contributed by atoms with Crippen LogP contribution in [0.3, 0.4) is 0 Å². The molecule has 0 bridgehead atoms. The average Bonchev–Trinajstić information content (AvgIpc) is 2.96. The van der Waals surface area contributed by atoms with E-state index in [2.05, 4.69) is 10.3 Å². The van der Waals surface area contributed by atoms with E-state index in [1.807, 2.05) is 10.8 Å². The van der Waals surface area contributed by atoms with Gasteiger partial charge in [-0.05, 0) is 12.8 Å². The smallest absolute Gasteiger partial charge is 0.252 e. The van der Waals surface area contributed by atoms with Crippen LogP contribution in [0, 0.1) is 0 Å². The SMILES string of the molecule is O=C1N[C@@H](C[N+]2=CC=NC2)C(=O)N2CCC[C@@H]12. The molecule has 0 aromatic heterocycles. The average molecular weight is 235 g/mol. The second kappa shape index (κ2) is 3.94. The summed E-state index contributed by atoms with van der Waals surface area (Å²) < 4.78 is 1.93. The van der Waals surface area contributed by atoms with Gasteiger partial charge >= 0.3 is 0 Å². The Kier molecular flexibility index (Phi) is 2.42. The van der Waals surface area contributed by atoms with Gasteiger partial charge in [0.25, 0.3) is 5.91 Å². The number of carbonyl (C=O) groups excluding carboxylic acids is 2. The van der Waals surface area contributed by atoms with Gasteiger partial charge in [0.15, 0.2) is 18.8 Å². The van der Waals surface area contributed by atoms with Crippen LogP contribution >= 0.6 is 0 Å². The molecule has 2 fully saturated rings. The van der Waals surface area contributed by atoms with Crippen molar-refractivity contribution in [1.29, 1.82) is 0 Å². The van der Waals surface area contributed by atoms with E-state index in [0.29, 0.717) is 19.8 Å². The van der Waals surface area contributed by atoms with Crippen molar-refractivity contribution < 1.29 is 14.2 Å². The predicted octanol–water partition coefficient (Wildman–Crippen LogP) is -1.40. The van der Waals surface area contributed by atoms with Crippen molar-refractivity contribution in [1.82, 2.24) is 10.2 Å². The van der Waals surface area contributed by atoms with Gasteiger partial charge in [-0.25, -0.2) is 9.57 Å². The minimum absolute atomic E-state index is 0.00721. The van der Waals surface area contributed by atoms with Crippen molar-refractivity contribution in [3.8, 4) is 0 Å². The highest BCUT2D eigenvalue weighted by Gasteiger charge is 2.44. The summed E-state index contributed by atoms with van der Waals surface area (Å²) in [5, 5.41) is 2.82. The molecule has 3 heterocycles. The van der Waals surface area contributed by atoms with E-state index in [-0.39, 0.29) is 17.9 Å². The molecule has 2 atom stereocenters. The zero-order chi connectivity index (χ0) is 11.8. The van der Waals surface area contributed by atoms with Gasteiger partial charge in [0.05, 0.1) is 6.21 Å². The molecule has 0 spiro atoms. The van der Waals surface area contributed by atoms with Gasteiger partial charge < -0.3 is 10.2 Å². The van der Waals surface area contributed by atoms with Gasteiger partial charge in [0.1, 0.15) is 6.04 Å². The Morgan fingerprint density at radius 1 is 1.53 bits per heavy atom. The second-order valence-corrected chi connectivity index (χ2v) is 4.64. The molecule has 17 heavy (non-hydrogen) atoms. The topological polar surface area (TPSA) is 64.8 Å². The van der Waals surface area contributed by atoms with E-state index in [1.54, 1.807) is 11.1 Å². The van der Waals surface area contributed by atoms with Crippen LogP contribution < -0.4 is 5.32 Å². The number of fused-ring (bicyclic) bond motifs is 1. The standard InChI is InChI=1S/C11H14N4O2/c16-10-9-2-1-4-15(9)11(17)8(13-10)6-14-5-3-12-7-14/h3,5,8-9H,1-2,4,6-7H2/p+1/t8-,9-/m0/s1. The van der Waals surface area contributed by atoms with Crippen LogP contribution in [-0.2, 0) is 9.59 Å².